The summed E-state index contributed by atoms with van der Waals surface area (Å²) in [5.74, 6) is 1.43. The van der Waals surface area contributed by atoms with Crippen LogP contribution < -0.4 is 4.74 Å². The Morgan fingerprint density at radius 2 is 1.62 bits per heavy atom. The van der Waals surface area contributed by atoms with Crippen LogP contribution in [0.4, 0.5) is 4.79 Å². The number of rotatable bonds is 8. The lowest BCUT2D eigenvalue weighted by Crippen LogP contribution is -2.55. The van der Waals surface area contributed by atoms with Crippen molar-refractivity contribution in [2.45, 2.75) is 63.6 Å². The van der Waals surface area contributed by atoms with Gasteiger partial charge < -0.3 is 14.5 Å². The van der Waals surface area contributed by atoms with E-state index in [0.29, 0.717) is 12.5 Å². The molecule has 1 aliphatic carbocycles. The molecule has 1 spiro atoms. The molecule has 34 heavy (non-hydrogen) atoms. The molecule has 2 amide bonds. The first kappa shape index (κ1) is 24.6. The Labute approximate surface area is 205 Å². The number of urea groups is 1. The van der Waals surface area contributed by atoms with Crippen molar-refractivity contribution in [1.29, 1.82) is 0 Å². The monoisotopic (exact) mass is 463 g/mol. The van der Waals surface area contributed by atoms with Crippen LogP contribution in [0, 0.1) is 5.92 Å². The fourth-order valence-corrected chi connectivity index (χ4v) is 5.98. The molecule has 5 nitrogen and oxygen atoms in total. The van der Waals surface area contributed by atoms with E-state index < -0.39 is 0 Å². The van der Waals surface area contributed by atoms with Crippen LogP contribution in [0.25, 0.3) is 0 Å². The predicted octanol–water partition coefficient (Wildman–Crippen LogP) is 5.75. The molecule has 0 atom stereocenters. The van der Waals surface area contributed by atoms with Crippen molar-refractivity contribution in [1.82, 2.24) is 14.7 Å². The summed E-state index contributed by atoms with van der Waals surface area (Å²) in [7, 11) is 6.09. The number of carbonyl (C=O) groups excluding carboxylic acids is 1. The van der Waals surface area contributed by atoms with Crippen LogP contribution in [-0.4, -0.2) is 60.6 Å². The molecule has 1 heterocycles. The molecule has 0 unspecified atom stereocenters. The zero-order valence-electron chi connectivity index (χ0n) is 21.6. The maximum Gasteiger partial charge on any atom is 0.320 e. The third-order valence-corrected chi connectivity index (χ3v) is 8.20. The van der Waals surface area contributed by atoms with Gasteiger partial charge >= 0.3 is 6.03 Å². The summed E-state index contributed by atoms with van der Waals surface area (Å²) in [5, 5.41) is 0. The summed E-state index contributed by atoms with van der Waals surface area (Å²) >= 11 is 0. The molecule has 2 aromatic carbocycles. The van der Waals surface area contributed by atoms with Crippen molar-refractivity contribution in [3.63, 3.8) is 0 Å². The minimum absolute atomic E-state index is 0.0304. The van der Waals surface area contributed by atoms with Gasteiger partial charge in [-0.05, 0) is 75.4 Å². The van der Waals surface area contributed by atoms with Crippen LogP contribution in [0.2, 0.25) is 0 Å². The smallest absolute Gasteiger partial charge is 0.320 e. The number of nitrogens with zero attached hydrogens (tertiary/aromatic N) is 3. The molecule has 0 aromatic heterocycles. The third-order valence-electron chi connectivity index (χ3n) is 8.20. The topological polar surface area (TPSA) is 36.0 Å². The normalized spacial score (nSPS) is 25.1. The quantitative estimate of drug-likeness (QED) is 0.500. The summed E-state index contributed by atoms with van der Waals surface area (Å²) in [6.45, 7) is 6.80. The highest BCUT2D eigenvalue weighted by atomic mass is 16.5. The first-order valence-corrected chi connectivity index (χ1v) is 12.7. The first-order chi connectivity index (χ1) is 16.3. The van der Waals surface area contributed by atoms with E-state index in [2.05, 4.69) is 85.1 Å². The molecule has 184 valence electrons. The molecular formula is C29H41N3O2. The number of amides is 2. The van der Waals surface area contributed by atoms with Gasteiger partial charge in [-0.25, -0.2) is 4.79 Å². The minimum atomic E-state index is -0.0767. The number of ether oxygens (including phenoxy) is 1. The van der Waals surface area contributed by atoms with E-state index in [1.54, 1.807) is 7.11 Å². The van der Waals surface area contributed by atoms with E-state index in [0.717, 1.165) is 56.5 Å². The van der Waals surface area contributed by atoms with Gasteiger partial charge in [0.05, 0.1) is 12.6 Å². The van der Waals surface area contributed by atoms with E-state index in [1.165, 1.54) is 5.56 Å². The van der Waals surface area contributed by atoms with Gasteiger partial charge in [-0.15, -0.1) is 0 Å². The standard InChI is InChI=1S/C29H41N3O2/c1-23(2)15-20-32-27(33)31(21-24-11-13-26(34-5)14-12-24)22-28(32)16-18-29(19-17-28,30(3)4)25-9-7-6-8-10-25/h6-14,23H,15-22H2,1-5H3/t28-,29+. The number of methoxy groups -OCH3 is 1. The molecule has 2 aliphatic rings. The van der Waals surface area contributed by atoms with E-state index in [1.807, 2.05) is 12.1 Å². The van der Waals surface area contributed by atoms with Gasteiger partial charge in [0.25, 0.3) is 0 Å². The largest absolute Gasteiger partial charge is 0.497 e. The van der Waals surface area contributed by atoms with E-state index in [9.17, 15) is 4.79 Å². The number of carbonyl (C=O) groups is 1. The fraction of sp³-hybridized carbons (Fsp3) is 0.552. The van der Waals surface area contributed by atoms with Crippen LogP contribution in [0.3, 0.4) is 0 Å². The van der Waals surface area contributed by atoms with Crippen LogP contribution in [0.5, 0.6) is 5.75 Å². The molecule has 0 N–H and O–H groups in total. The Morgan fingerprint density at radius 3 is 2.18 bits per heavy atom. The average Bonchev–Trinajstić information content (AvgIpc) is 3.09. The summed E-state index contributed by atoms with van der Waals surface area (Å²) in [5.41, 5.74) is 2.50. The summed E-state index contributed by atoms with van der Waals surface area (Å²) in [4.78, 5) is 20.4. The van der Waals surface area contributed by atoms with Gasteiger partial charge in [-0.1, -0.05) is 56.3 Å². The van der Waals surface area contributed by atoms with Crippen molar-refractivity contribution in [3.8, 4) is 5.75 Å². The summed E-state index contributed by atoms with van der Waals surface area (Å²) in [6.07, 6.45) is 5.23. The zero-order valence-corrected chi connectivity index (χ0v) is 21.6. The maximum atomic E-state index is 13.7. The van der Waals surface area contributed by atoms with Crippen LogP contribution in [-0.2, 0) is 12.1 Å². The van der Waals surface area contributed by atoms with Crippen LogP contribution in [0.15, 0.2) is 54.6 Å². The maximum absolute atomic E-state index is 13.7. The van der Waals surface area contributed by atoms with Gasteiger partial charge in [0.1, 0.15) is 5.75 Å². The lowest BCUT2D eigenvalue weighted by molar-refractivity contribution is 0.0234. The Kier molecular flexibility index (Phi) is 7.22. The number of hydrogen-bond donors (Lipinski definition) is 0. The van der Waals surface area contributed by atoms with Crippen molar-refractivity contribution >= 4 is 6.03 Å². The van der Waals surface area contributed by atoms with Crippen molar-refractivity contribution in [2.75, 3.05) is 34.3 Å². The highest BCUT2D eigenvalue weighted by Crippen LogP contribution is 2.49. The lowest BCUT2D eigenvalue weighted by atomic mass is 9.68. The number of benzene rings is 2. The second-order valence-electron chi connectivity index (χ2n) is 10.8. The van der Waals surface area contributed by atoms with Crippen molar-refractivity contribution < 1.29 is 9.53 Å². The Bertz CT molecular complexity index is 947. The zero-order chi connectivity index (χ0) is 24.3. The number of hydrogen-bond acceptors (Lipinski definition) is 3. The van der Waals surface area contributed by atoms with Gasteiger partial charge in [-0.2, -0.15) is 0 Å². The molecule has 0 bridgehead atoms. The van der Waals surface area contributed by atoms with Crippen molar-refractivity contribution in [3.05, 3.63) is 65.7 Å². The first-order valence-electron chi connectivity index (χ1n) is 12.7. The molecule has 1 saturated carbocycles. The molecule has 2 fully saturated rings. The molecular weight excluding hydrogens is 422 g/mol. The fourth-order valence-electron chi connectivity index (χ4n) is 5.98. The van der Waals surface area contributed by atoms with E-state index >= 15 is 0 Å². The van der Waals surface area contributed by atoms with Crippen molar-refractivity contribution in [2.24, 2.45) is 5.92 Å². The molecule has 2 aromatic rings. The molecule has 1 aliphatic heterocycles. The SMILES string of the molecule is COc1ccc(CN2C[C@]3(CC[C@](c4ccccc4)(N(C)C)CC3)N(CCC(C)C)C2=O)cc1. The third kappa shape index (κ3) is 4.68. The van der Waals surface area contributed by atoms with Gasteiger partial charge in [0, 0.05) is 25.2 Å². The molecule has 5 heteroatoms. The Hall–Kier alpha value is -2.53. The Balaban J connectivity index is 1.57. The average molecular weight is 464 g/mol. The second-order valence-corrected chi connectivity index (χ2v) is 10.8. The minimum Gasteiger partial charge on any atom is -0.497 e. The highest BCUT2D eigenvalue weighted by molar-refractivity contribution is 5.78. The lowest BCUT2D eigenvalue weighted by Gasteiger charge is -2.51. The summed E-state index contributed by atoms with van der Waals surface area (Å²) in [6, 6.07) is 19.2. The van der Waals surface area contributed by atoms with Gasteiger partial charge in [0.15, 0.2) is 0 Å². The molecule has 1 saturated heterocycles. The molecule has 0 radical (unpaired) electrons. The van der Waals surface area contributed by atoms with E-state index in [4.69, 9.17) is 4.74 Å². The summed E-state index contributed by atoms with van der Waals surface area (Å²) < 4.78 is 5.30. The predicted molar refractivity (Wildman–Crippen MR) is 138 cm³/mol. The second kappa shape index (κ2) is 9.99. The molecule has 4 rings (SSSR count). The van der Waals surface area contributed by atoms with Gasteiger partial charge in [-0.3, -0.25) is 4.90 Å². The van der Waals surface area contributed by atoms with Crippen LogP contribution in [0.1, 0.15) is 57.1 Å². The van der Waals surface area contributed by atoms with Crippen LogP contribution >= 0.6 is 0 Å². The Morgan fingerprint density at radius 1 is 0.971 bits per heavy atom. The van der Waals surface area contributed by atoms with E-state index in [-0.39, 0.29) is 17.1 Å². The highest BCUT2D eigenvalue weighted by Gasteiger charge is 2.54. The van der Waals surface area contributed by atoms with Gasteiger partial charge in [0.2, 0.25) is 0 Å².